The highest BCUT2D eigenvalue weighted by molar-refractivity contribution is 6.05. The molecule has 0 spiro atoms. The lowest BCUT2D eigenvalue weighted by molar-refractivity contribution is 0.0737. The van der Waals surface area contributed by atoms with Gasteiger partial charge in [-0.15, -0.1) is 0 Å². The largest absolute Gasteiger partial charge is 0.344 e. The molecule has 1 aromatic carbocycles. The van der Waals surface area contributed by atoms with Crippen LogP contribution in [0.2, 0.25) is 0 Å². The minimum Gasteiger partial charge on any atom is -0.344 e. The molecule has 0 unspecified atom stereocenters. The minimum atomic E-state index is -0.442. The first-order valence-electron chi connectivity index (χ1n) is 7.55. The molecule has 3 aromatic rings. The maximum absolute atomic E-state index is 13.8. The maximum atomic E-state index is 13.8. The van der Waals surface area contributed by atoms with Gasteiger partial charge in [0.05, 0.1) is 29.6 Å². The Morgan fingerprint density at radius 3 is 3.09 bits per heavy atom. The molecule has 0 bridgehead atoms. The number of amides is 1. The number of aryl methyl sites for hydroxylation is 1. The van der Waals surface area contributed by atoms with Gasteiger partial charge in [-0.2, -0.15) is 5.10 Å². The summed E-state index contributed by atoms with van der Waals surface area (Å²) >= 11 is 0. The van der Waals surface area contributed by atoms with Crippen molar-refractivity contribution in [2.75, 3.05) is 6.54 Å². The van der Waals surface area contributed by atoms with Crippen LogP contribution < -0.4 is 0 Å². The van der Waals surface area contributed by atoms with Gasteiger partial charge in [0.2, 0.25) is 0 Å². The summed E-state index contributed by atoms with van der Waals surface area (Å²) in [6, 6.07) is 2.60. The van der Waals surface area contributed by atoms with Crippen molar-refractivity contribution in [1.29, 1.82) is 0 Å². The Morgan fingerprint density at radius 2 is 2.30 bits per heavy atom. The predicted octanol–water partition coefficient (Wildman–Crippen LogP) is 2.41. The molecular weight excluding hydrogens is 297 g/mol. The summed E-state index contributed by atoms with van der Waals surface area (Å²) in [6.45, 7) is 0.654. The first-order valence-corrected chi connectivity index (χ1v) is 7.55. The third-order valence-corrected chi connectivity index (χ3v) is 4.34. The van der Waals surface area contributed by atoms with Crippen LogP contribution >= 0.6 is 0 Å². The molecule has 1 saturated heterocycles. The Balaban J connectivity index is 1.73. The van der Waals surface area contributed by atoms with Crippen molar-refractivity contribution in [3.8, 4) is 0 Å². The van der Waals surface area contributed by atoms with E-state index in [0.717, 1.165) is 18.4 Å². The van der Waals surface area contributed by atoms with Gasteiger partial charge in [0.25, 0.3) is 5.91 Å². The Bertz CT molecular complexity index is 884. The number of H-pyrrole nitrogens is 1. The number of nitrogens with one attached hydrogen (secondary N) is 1. The summed E-state index contributed by atoms with van der Waals surface area (Å²) in [5.74, 6) is -0.629. The van der Waals surface area contributed by atoms with E-state index in [1.54, 1.807) is 15.8 Å². The van der Waals surface area contributed by atoms with E-state index in [4.69, 9.17) is 0 Å². The molecule has 3 heterocycles. The Hall–Kier alpha value is -2.70. The van der Waals surface area contributed by atoms with Crippen molar-refractivity contribution >= 4 is 16.9 Å². The number of halogens is 1. The Kier molecular flexibility index (Phi) is 3.14. The number of benzene rings is 1. The molecule has 1 amide bonds. The van der Waals surface area contributed by atoms with Gasteiger partial charge in [-0.1, -0.05) is 0 Å². The zero-order valence-electron chi connectivity index (χ0n) is 12.7. The van der Waals surface area contributed by atoms with Crippen LogP contribution in [-0.2, 0) is 7.05 Å². The van der Waals surface area contributed by atoms with Crippen molar-refractivity contribution in [3.63, 3.8) is 0 Å². The SMILES string of the molecule is Cn1cc([C@H]2CCCN2C(=O)c2cc(F)cc3[nH]cnc23)cn1. The van der Waals surface area contributed by atoms with Crippen molar-refractivity contribution in [2.45, 2.75) is 18.9 Å². The highest BCUT2D eigenvalue weighted by atomic mass is 19.1. The van der Waals surface area contributed by atoms with E-state index in [-0.39, 0.29) is 11.9 Å². The monoisotopic (exact) mass is 313 g/mol. The molecule has 1 aliphatic rings. The van der Waals surface area contributed by atoms with E-state index in [1.807, 2.05) is 13.2 Å². The topological polar surface area (TPSA) is 66.8 Å². The number of rotatable bonds is 2. The average molecular weight is 313 g/mol. The summed E-state index contributed by atoms with van der Waals surface area (Å²) < 4.78 is 15.5. The molecule has 7 heteroatoms. The Morgan fingerprint density at radius 1 is 1.43 bits per heavy atom. The lowest BCUT2D eigenvalue weighted by atomic mass is 10.1. The molecule has 2 aromatic heterocycles. The fourth-order valence-electron chi connectivity index (χ4n) is 3.30. The third kappa shape index (κ3) is 2.28. The van der Waals surface area contributed by atoms with Gasteiger partial charge < -0.3 is 9.88 Å². The molecule has 0 radical (unpaired) electrons. The molecule has 1 aliphatic heterocycles. The van der Waals surface area contributed by atoms with E-state index < -0.39 is 5.82 Å². The molecule has 1 fully saturated rings. The van der Waals surface area contributed by atoms with Crippen LogP contribution in [0.4, 0.5) is 4.39 Å². The number of nitrogens with zero attached hydrogens (tertiary/aromatic N) is 4. The van der Waals surface area contributed by atoms with Crippen LogP contribution in [0.5, 0.6) is 0 Å². The molecule has 6 nitrogen and oxygen atoms in total. The van der Waals surface area contributed by atoms with Gasteiger partial charge in [0, 0.05) is 25.4 Å². The number of hydrogen-bond acceptors (Lipinski definition) is 3. The lowest BCUT2D eigenvalue weighted by Crippen LogP contribution is -2.30. The zero-order chi connectivity index (χ0) is 16.0. The van der Waals surface area contributed by atoms with Crippen LogP contribution in [0.1, 0.15) is 34.8 Å². The number of carbonyl (C=O) groups excluding carboxylic acids is 1. The van der Waals surface area contributed by atoms with Crippen molar-refractivity contribution in [3.05, 3.63) is 47.8 Å². The highest BCUT2D eigenvalue weighted by Gasteiger charge is 2.32. The standard InChI is InChI=1S/C16H16FN5O/c1-21-8-10(7-20-21)14-3-2-4-22(14)16(23)12-5-11(17)6-13-15(12)19-9-18-13/h5-9,14H,2-4H2,1H3,(H,18,19)/t14-/m1/s1. The van der Waals surface area contributed by atoms with Crippen LogP contribution in [0.3, 0.4) is 0 Å². The van der Waals surface area contributed by atoms with E-state index >= 15 is 0 Å². The van der Waals surface area contributed by atoms with Crippen LogP contribution in [0.15, 0.2) is 30.9 Å². The van der Waals surface area contributed by atoms with Crippen LogP contribution in [0.25, 0.3) is 11.0 Å². The fraction of sp³-hybridized carbons (Fsp3) is 0.312. The van der Waals surface area contributed by atoms with Gasteiger partial charge in [0.15, 0.2) is 0 Å². The van der Waals surface area contributed by atoms with Crippen LogP contribution in [0, 0.1) is 5.82 Å². The molecule has 1 atom stereocenters. The first kappa shape index (κ1) is 13.9. The third-order valence-electron chi connectivity index (χ3n) is 4.34. The molecule has 23 heavy (non-hydrogen) atoms. The summed E-state index contributed by atoms with van der Waals surface area (Å²) in [6.07, 6.45) is 6.99. The van der Waals surface area contributed by atoms with Gasteiger partial charge in [0.1, 0.15) is 11.3 Å². The number of aromatic amines is 1. The summed E-state index contributed by atoms with van der Waals surface area (Å²) in [4.78, 5) is 21.8. The molecule has 118 valence electrons. The average Bonchev–Trinajstić information content (AvgIpc) is 3.24. The summed E-state index contributed by atoms with van der Waals surface area (Å²) in [7, 11) is 1.85. The van der Waals surface area contributed by atoms with Gasteiger partial charge in [-0.25, -0.2) is 9.37 Å². The number of fused-ring (bicyclic) bond motifs is 1. The van der Waals surface area contributed by atoms with E-state index in [0.29, 0.717) is 23.1 Å². The van der Waals surface area contributed by atoms with Crippen molar-refractivity contribution in [1.82, 2.24) is 24.6 Å². The highest BCUT2D eigenvalue weighted by Crippen LogP contribution is 2.33. The zero-order valence-corrected chi connectivity index (χ0v) is 12.7. The summed E-state index contributed by atoms with van der Waals surface area (Å²) in [5, 5.41) is 4.18. The van der Waals surface area contributed by atoms with E-state index in [2.05, 4.69) is 15.1 Å². The van der Waals surface area contributed by atoms with Gasteiger partial charge in [-0.3, -0.25) is 9.48 Å². The minimum absolute atomic E-state index is 0.0199. The van der Waals surface area contributed by atoms with Gasteiger partial charge in [-0.05, 0) is 25.0 Å². The maximum Gasteiger partial charge on any atom is 0.256 e. The van der Waals surface area contributed by atoms with Crippen molar-refractivity contribution in [2.24, 2.45) is 7.05 Å². The van der Waals surface area contributed by atoms with Crippen LogP contribution in [-0.4, -0.2) is 37.1 Å². The second kappa shape index (κ2) is 5.19. The van der Waals surface area contributed by atoms with Crippen molar-refractivity contribution < 1.29 is 9.18 Å². The first-order chi connectivity index (χ1) is 11.1. The van der Waals surface area contributed by atoms with E-state index in [9.17, 15) is 9.18 Å². The quantitative estimate of drug-likeness (QED) is 0.790. The molecule has 0 saturated carbocycles. The number of aromatic nitrogens is 4. The summed E-state index contributed by atoms with van der Waals surface area (Å²) in [5.41, 5.74) is 2.35. The number of likely N-dealkylation sites (tertiary alicyclic amines) is 1. The lowest BCUT2D eigenvalue weighted by Gasteiger charge is -2.24. The molecular formula is C16H16FN5O. The number of hydrogen-bond donors (Lipinski definition) is 1. The fourth-order valence-corrected chi connectivity index (χ4v) is 3.30. The number of imidazole rings is 1. The molecule has 4 rings (SSSR count). The predicted molar refractivity (Wildman–Crippen MR) is 82.3 cm³/mol. The second-order valence-corrected chi connectivity index (χ2v) is 5.86. The smallest absolute Gasteiger partial charge is 0.256 e. The normalized spacial score (nSPS) is 18.0. The molecule has 1 N–H and O–H groups in total. The van der Waals surface area contributed by atoms with Gasteiger partial charge >= 0.3 is 0 Å². The van der Waals surface area contributed by atoms with E-state index in [1.165, 1.54) is 18.5 Å². The molecule has 0 aliphatic carbocycles. The second-order valence-electron chi connectivity index (χ2n) is 5.86. The number of carbonyl (C=O) groups is 1. The Labute approximate surface area is 131 Å².